The molecule has 0 spiro atoms. The summed E-state index contributed by atoms with van der Waals surface area (Å²) in [5.41, 5.74) is 4.08. The van der Waals surface area contributed by atoms with Gasteiger partial charge in [0.2, 0.25) is 0 Å². The van der Waals surface area contributed by atoms with E-state index in [4.69, 9.17) is 65.4 Å². The van der Waals surface area contributed by atoms with Crippen molar-refractivity contribution in [2.75, 3.05) is 67.0 Å². The number of likely N-dealkylation sites (N-methyl/N-ethyl adjacent to an activating group) is 1. The van der Waals surface area contributed by atoms with Gasteiger partial charge in [0, 0.05) is 91.5 Å². The first-order chi connectivity index (χ1) is 31.3. The van der Waals surface area contributed by atoms with Gasteiger partial charge in [0.25, 0.3) is 11.8 Å². The molecule has 0 radical (unpaired) electrons. The molecule has 1 fully saturated rings. The quantitative estimate of drug-likeness (QED) is 0.132. The van der Waals surface area contributed by atoms with Gasteiger partial charge in [-0.3, -0.25) is 29.5 Å². The molecule has 2 N–H and O–H groups in total. The normalized spacial score (nSPS) is 12.6. The van der Waals surface area contributed by atoms with E-state index >= 15 is 0 Å². The molecule has 3 aromatic heterocycles. The number of halogens is 4. The van der Waals surface area contributed by atoms with Crippen molar-refractivity contribution in [3.05, 3.63) is 116 Å². The van der Waals surface area contributed by atoms with Crippen LogP contribution in [-0.2, 0) is 0 Å². The maximum Gasteiger partial charge on any atom is 0.337 e. The maximum atomic E-state index is 13.3. The van der Waals surface area contributed by atoms with Crippen LogP contribution in [-0.4, -0.2) is 119 Å². The highest BCUT2D eigenvalue weighted by Gasteiger charge is 2.26. The number of rotatable bonds is 10. The number of carboxylic acids is 1. The van der Waals surface area contributed by atoms with Crippen molar-refractivity contribution in [1.82, 2.24) is 34.7 Å². The largest absolute Gasteiger partial charge is 0.495 e. The number of benzene rings is 4. The lowest BCUT2D eigenvalue weighted by atomic mass is 9.99. The van der Waals surface area contributed by atoms with Crippen molar-refractivity contribution < 1.29 is 38.4 Å². The molecule has 16 nitrogen and oxygen atoms in total. The molecule has 1 saturated heterocycles. The molecule has 334 valence electrons. The highest BCUT2D eigenvalue weighted by atomic mass is 35.5. The molecule has 1 aliphatic heterocycles. The van der Waals surface area contributed by atoms with Crippen LogP contribution in [0, 0.1) is 0 Å². The molecule has 0 atom stereocenters. The molecule has 2 amide bonds. The van der Waals surface area contributed by atoms with Crippen molar-refractivity contribution in [1.29, 1.82) is 0 Å². The monoisotopic (exact) mass is 958 g/mol. The summed E-state index contributed by atoms with van der Waals surface area (Å²) in [5.74, 6) is 0.163. The lowest BCUT2D eigenvalue weighted by Crippen LogP contribution is -2.47. The van der Waals surface area contributed by atoms with E-state index in [1.807, 2.05) is 7.05 Å². The van der Waals surface area contributed by atoms with Crippen LogP contribution in [0.1, 0.15) is 31.1 Å². The van der Waals surface area contributed by atoms with Crippen LogP contribution >= 0.6 is 46.4 Å². The van der Waals surface area contributed by atoms with E-state index in [0.717, 1.165) is 13.1 Å². The lowest BCUT2D eigenvalue weighted by molar-refractivity contribution is 0.0661. The number of pyridine rings is 1. The number of methoxy groups -OCH3 is 4. The molecule has 4 aromatic carbocycles. The molecular formula is C45H38Cl4N8O8. The molecule has 0 unspecified atom stereocenters. The number of fused-ring (bicyclic) bond motifs is 2. The number of hydrogen-bond acceptors (Lipinski definition) is 13. The van der Waals surface area contributed by atoms with Gasteiger partial charge in [0.1, 0.15) is 39.8 Å². The average molecular weight is 961 g/mol. The molecule has 0 bridgehead atoms. The zero-order valence-electron chi connectivity index (χ0n) is 35.3. The molecule has 0 saturated carbocycles. The number of carbonyl (C=O) groups is 3. The first kappa shape index (κ1) is 46.4. The number of nitrogens with zero attached hydrogens (tertiary/aromatic N) is 7. The molecular weight excluding hydrogens is 922 g/mol. The second-order valence-electron chi connectivity index (χ2n) is 14.2. The number of carboxylic acid groups (broad SMARTS) is 1. The molecule has 0 aliphatic carbocycles. The van der Waals surface area contributed by atoms with E-state index in [1.165, 1.54) is 65.5 Å². The van der Waals surface area contributed by atoms with Crippen LogP contribution in [0.5, 0.6) is 23.0 Å². The van der Waals surface area contributed by atoms with Crippen LogP contribution in [0.15, 0.2) is 79.5 Å². The van der Waals surface area contributed by atoms with Crippen molar-refractivity contribution in [3.8, 4) is 45.3 Å². The van der Waals surface area contributed by atoms with E-state index in [2.05, 4.69) is 35.1 Å². The molecule has 1 aliphatic rings. The highest BCUT2D eigenvalue weighted by Crippen LogP contribution is 2.49. The Kier molecular flexibility index (Phi) is 14.3. The number of amides is 2. The third-order valence-electron chi connectivity index (χ3n) is 10.5. The number of carbonyl (C=O) groups excluding carboxylic acids is 2. The van der Waals surface area contributed by atoms with E-state index in [1.54, 1.807) is 47.4 Å². The van der Waals surface area contributed by atoms with Crippen LogP contribution in [0.25, 0.3) is 44.3 Å². The maximum absolute atomic E-state index is 13.3. The Morgan fingerprint density at radius 1 is 0.585 bits per heavy atom. The summed E-state index contributed by atoms with van der Waals surface area (Å²) in [4.78, 5) is 63.2. The highest BCUT2D eigenvalue weighted by molar-refractivity contribution is 6.42. The van der Waals surface area contributed by atoms with Crippen molar-refractivity contribution in [2.45, 2.75) is 0 Å². The van der Waals surface area contributed by atoms with Gasteiger partial charge in [-0.05, 0) is 31.3 Å². The fraction of sp³-hybridized carbons (Fsp3) is 0.200. The third-order valence-corrected chi connectivity index (χ3v) is 12.0. The molecule has 20 heteroatoms. The minimum Gasteiger partial charge on any atom is -0.495 e. The molecule has 4 heterocycles. The van der Waals surface area contributed by atoms with Gasteiger partial charge in [-0.25, -0.2) is 9.78 Å². The van der Waals surface area contributed by atoms with Crippen molar-refractivity contribution in [3.63, 3.8) is 0 Å². The number of nitrogens with one attached hydrogen (secondary N) is 1. The van der Waals surface area contributed by atoms with Crippen LogP contribution in [0.4, 0.5) is 5.82 Å². The molecule has 65 heavy (non-hydrogen) atoms. The Bertz CT molecular complexity index is 2920. The van der Waals surface area contributed by atoms with Gasteiger partial charge in [-0.2, -0.15) is 0 Å². The van der Waals surface area contributed by atoms with E-state index in [-0.39, 0.29) is 42.6 Å². The summed E-state index contributed by atoms with van der Waals surface area (Å²) in [6, 6.07) is 12.8. The van der Waals surface area contributed by atoms with Gasteiger partial charge in [0.05, 0.1) is 76.3 Å². The Morgan fingerprint density at radius 3 is 1.43 bits per heavy atom. The second-order valence-corrected chi connectivity index (χ2v) is 15.7. The fourth-order valence-electron chi connectivity index (χ4n) is 7.09. The Balaban J connectivity index is 0.000000216. The molecule has 8 rings (SSSR count). The predicted molar refractivity (Wildman–Crippen MR) is 249 cm³/mol. The number of ether oxygens (including phenoxy) is 4. The smallest absolute Gasteiger partial charge is 0.337 e. The van der Waals surface area contributed by atoms with Gasteiger partial charge in [0.15, 0.2) is 0 Å². The van der Waals surface area contributed by atoms with Gasteiger partial charge in [-0.15, -0.1) is 0 Å². The zero-order chi connectivity index (χ0) is 46.5. The Hall–Kier alpha value is -6.56. The second kappa shape index (κ2) is 20.1. The first-order valence-electron chi connectivity index (χ1n) is 19.5. The average Bonchev–Trinajstić information content (AvgIpc) is 3.32. The number of piperazine rings is 1. The zero-order valence-corrected chi connectivity index (χ0v) is 38.3. The summed E-state index contributed by atoms with van der Waals surface area (Å²) < 4.78 is 21.4. The number of anilines is 1. The predicted octanol–water partition coefficient (Wildman–Crippen LogP) is 8.97. The minimum absolute atomic E-state index is 0.0361. The summed E-state index contributed by atoms with van der Waals surface area (Å²) >= 11 is 26.2. The SMILES string of the molecule is COc1cc(OC)c(Cl)c(-c2ccc(C(=O)Nc3ccc(C(=O)N4CCN(C)CC4)cn3)c3nccnc23)c1Cl.COc1cc(OC)c(Cl)c(-c2ccc(C(=O)O)c3nccnc23)c1Cl. The minimum atomic E-state index is -1.10. The Morgan fingerprint density at radius 2 is 1.02 bits per heavy atom. The van der Waals surface area contributed by atoms with E-state index in [0.29, 0.717) is 86.3 Å². The van der Waals surface area contributed by atoms with E-state index < -0.39 is 11.9 Å². The van der Waals surface area contributed by atoms with Crippen molar-refractivity contribution in [2.24, 2.45) is 0 Å². The topological polar surface area (TPSA) is 191 Å². The van der Waals surface area contributed by atoms with Crippen LogP contribution < -0.4 is 24.3 Å². The molecule has 7 aromatic rings. The standard InChI is InChI=1S/C28H26Cl2N6O4.C17H12Cl2N2O4/c1-35-10-12-36(13-11-35)28(38)16-4-7-21(33-15-16)34-27(37)18-6-5-17(25-26(18)32-9-8-31-25)22-23(29)19(39-2)14-20(40-3)24(22)30;1-24-10-7-11(25-2)14(19)12(13(10)18)8-3-4-9(17(22)23)16-15(8)20-5-6-21-16/h4-9,14-15H,10-13H2,1-3H3,(H,33,34,37);3-7H,1-2H3,(H,22,23). The summed E-state index contributed by atoms with van der Waals surface area (Å²) in [6.07, 6.45) is 7.38. The third kappa shape index (κ3) is 9.35. The van der Waals surface area contributed by atoms with Gasteiger partial charge < -0.3 is 39.2 Å². The lowest BCUT2D eigenvalue weighted by Gasteiger charge is -2.32. The number of hydrogen-bond donors (Lipinski definition) is 2. The van der Waals surface area contributed by atoms with Gasteiger partial charge >= 0.3 is 5.97 Å². The summed E-state index contributed by atoms with van der Waals surface area (Å²) in [6.45, 7) is 2.98. The first-order valence-corrected chi connectivity index (χ1v) is 21.0. The summed E-state index contributed by atoms with van der Waals surface area (Å²) in [7, 11) is 7.97. The Labute approximate surface area is 392 Å². The van der Waals surface area contributed by atoms with E-state index in [9.17, 15) is 19.5 Å². The number of aromatic nitrogens is 5. The summed E-state index contributed by atoms with van der Waals surface area (Å²) in [5, 5.41) is 13.2. The van der Waals surface area contributed by atoms with Crippen molar-refractivity contribution >= 4 is 92.1 Å². The number of aromatic carboxylic acids is 1. The van der Waals surface area contributed by atoms with Crippen LogP contribution in [0.3, 0.4) is 0 Å². The fourth-order valence-corrected chi connectivity index (χ4v) is 8.50. The van der Waals surface area contributed by atoms with Crippen LogP contribution in [0.2, 0.25) is 20.1 Å². The van der Waals surface area contributed by atoms with Gasteiger partial charge in [-0.1, -0.05) is 58.5 Å².